The predicted octanol–water partition coefficient (Wildman–Crippen LogP) is 2.87. The van der Waals surface area contributed by atoms with Gasteiger partial charge < -0.3 is 5.11 Å². The van der Waals surface area contributed by atoms with Gasteiger partial charge in [0.15, 0.2) is 0 Å². The van der Waals surface area contributed by atoms with E-state index in [0.717, 1.165) is 6.42 Å². The number of nitrogens with zero attached hydrogens (tertiary/aromatic N) is 1. The van der Waals surface area contributed by atoms with Crippen LogP contribution in [0.25, 0.3) is 0 Å². The molecule has 1 saturated heterocycles. The van der Waals surface area contributed by atoms with Crippen molar-refractivity contribution in [1.82, 2.24) is 4.90 Å². The average molecular weight is 217 g/mol. The molecule has 1 fully saturated rings. The van der Waals surface area contributed by atoms with Gasteiger partial charge in [-0.1, -0.05) is 12.5 Å². The Balaban J connectivity index is 1.84. The lowest BCUT2D eigenvalue weighted by Crippen LogP contribution is -2.32. The fraction of sp³-hybridized carbons (Fsp3) is 0.571. The number of hydrogen-bond acceptors (Lipinski definition) is 2. The fourth-order valence-corrected chi connectivity index (χ4v) is 3.19. The number of likely N-dealkylation sites (tertiary alicyclic amines) is 1. The Morgan fingerprint density at radius 2 is 1.94 bits per heavy atom. The van der Waals surface area contributed by atoms with Gasteiger partial charge in [-0.15, -0.1) is 0 Å². The molecule has 16 heavy (non-hydrogen) atoms. The van der Waals surface area contributed by atoms with Crippen LogP contribution in [0.15, 0.2) is 18.2 Å². The molecule has 1 aliphatic carbocycles. The molecule has 0 bridgehead atoms. The van der Waals surface area contributed by atoms with E-state index in [1.54, 1.807) is 0 Å². The summed E-state index contributed by atoms with van der Waals surface area (Å²) in [5.41, 5.74) is 2.82. The lowest BCUT2D eigenvalue weighted by molar-refractivity contribution is 0.163. The maximum Gasteiger partial charge on any atom is 0.115 e. The second-order valence-corrected chi connectivity index (χ2v) is 5.03. The van der Waals surface area contributed by atoms with Crippen molar-refractivity contribution in [3.8, 4) is 5.75 Å². The number of hydrogen-bond donors (Lipinski definition) is 1. The van der Waals surface area contributed by atoms with Crippen molar-refractivity contribution in [2.45, 2.75) is 38.1 Å². The Morgan fingerprint density at radius 1 is 1.12 bits per heavy atom. The van der Waals surface area contributed by atoms with Crippen LogP contribution in [0.5, 0.6) is 5.75 Å². The molecule has 86 valence electrons. The second-order valence-electron chi connectivity index (χ2n) is 5.03. The van der Waals surface area contributed by atoms with Crippen molar-refractivity contribution in [2.75, 3.05) is 13.1 Å². The lowest BCUT2D eigenvalue weighted by atomic mass is 10.0. The first kappa shape index (κ1) is 10.2. The van der Waals surface area contributed by atoms with Crippen LogP contribution in [0.3, 0.4) is 0 Å². The molecule has 1 atom stereocenters. The van der Waals surface area contributed by atoms with Crippen molar-refractivity contribution in [3.05, 3.63) is 29.3 Å². The summed E-state index contributed by atoms with van der Waals surface area (Å²) in [6.45, 7) is 2.51. The molecule has 0 spiro atoms. The van der Waals surface area contributed by atoms with E-state index in [4.69, 9.17) is 0 Å². The summed E-state index contributed by atoms with van der Waals surface area (Å²) < 4.78 is 0. The van der Waals surface area contributed by atoms with Gasteiger partial charge in [-0.2, -0.15) is 0 Å². The first-order chi connectivity index (χ1) is 7.84. The van der Waals surface area contributed by atoms with Gasteiger partial charge >= 0.3 is 0 Å². The molecule has 0 aromatic heterocycles. The minimum absolute atomic E-state index is 0.415. The molecule has 0 radical (unpaired) electrons. The third-order valence-corrected chi connectivity index (χ3v) is 4.00. The molecule has 1 aromatic rings. The quantitative estimate of drug-likeness (QED) is 0.782. The summed E-state index contributed by atoms with van der Waals surface area (Å²) >= 11 is 0. The Bertz CT molecular complexity index is 382. The van der Waals surface area contributed by atoms with E-state index in [-0.39, 0.29) is 0 Å². The van der Waals surface area contributed by atoms with Crippen LogP contribution < -0.4 is 0 Å². The smallest absolute Gasteiger partial charge is 0.115 e. The van der Waals surface area contributed by atoms with E-state index in [2.05, 4.69) is 11.0 Å². The molecule has 2 heteroatoms. The number of benzene rings is 1. The molecule has 0 saturated carbocycles. The maximum absolute atomic E-state index is 9.48. The molecular formula is C14H19NO. The van der Waals surface area contributed by atoms with Crippen LogP contribution in [0.2, 0.25) is 0 Å². The summed E-state index contributed by atoms with van der Waals surface area (Å²) in [5, 5.41) is 9.48. The zero-order valence-corrected chi connectivity index (χ0v) is 9.65. The van der Waals surface area contributed by atoms with E-state index in [9.17, 15) is 5.11 Å². The number of fused-ring (bicyclic) bond motifs is 1. The molecule has 1 aromatic carbocycles. The highest BCUT2D eigenvalue weighted by atomic mass is 16.3. The molecule has 3 rings (SSSR count). The summed E-state index contributed by atoms with van der Waals surface area (Å²) in [7, 11) is 0. The number of aryl methyl sites for hydroxylation is 1. The highest BCUT2D eigenvalue weighted by molar-refractivity contribution is 5.40. The largest absolute Gasteiger partial charge is 0.508 e. The van der Waals surface area contributed by atoms with Crippen LogP contribution >= 0.6 is 0 Å². The van der Waals surface area contributed by atoms with Crippen molar-refractivity contribution in [3.63, 3.8) is 0 Å². The number of piperidine rings is 1. The molecular weight excluding hydrogens is 198 g/mol. The minimum atomic E-state index is 0.415. The number of aromatic hydroxyl groups is 1. The van der Waals surface area contributed by atoms with Crippen LogP contribution in [-0.4, -0.2) is 23.1 Å². The summed E-state index contributed by atoms with van der Waals surface area (Å²) in [4.78, 5) is 2.63. The van der Waals surface area contributed by atoms with Gasteiger partial charge in [-0.25, -0.2) is 0 Å². The number of phenolic OH excluding ortho intramolecular Hbond substituents is 1. The fourth-order valence-electron chi connectivity index (χ4n) is 3.19. The van der Waals surface area contributed by atoms with Crippen LogP contribution in [-0.2, 0) is 6.42 Å². The lowest BCUT2D eigenvalue weighted by Gasteiger charge is -2.32. The van der Waals surface area contributed by atoms with Gasteiger partial charge in [0.1, 0.15) is 5.75 Å². The summed E-state index contributed by atoms with van der Waals surface area (Å²) in [5.74, 6) is 0.415. The molecule has 1 unspecified atom stereocenters. The monoisotopic (exact) mass is 217 g/mol. The second kappa shape index (κ2) is 4.10. The van der Waals surface area contributed by atoms with Gasteiger partial charge in [0.05, 0.1) is 0 Å². The van der Waals surface area contributed by atoms with Crippen molar-refractivity contribution in [2.24, 2.45) is 0 Å². The minimum Gasteiger partial charge on any atom is -0.508 e. The Kier molecular flexibility index (Phi) is 2.60. The third-order valence-electron chi connectivity index (χ3n) is 4.00. The summed E-state index contributed by atoms with van der Waals surface area (Å²) in [6, 6.07) is 6.52. The van der Waals surface area contributed by atoms with Crippen LogP contribution in [0.1, 0.15) is 42.9 Å². The first-order valence-electron chi connectivity index (χ1n) is 6.40. The molecule has 2 aliphatic rings. The topological polar surface area (TPSA) is 23.5 Å². The highest BCUT2D eigenvalue weighted by Gasteiger charge is 2.28. The van der Waals surface area contributed by atoms with Gasteiger partial charge in [0, 0.05) is 6.04 Å². The Labute approximate surface area is 96.9 Å². The number of phenols is 1. The van der Waals surface area contributed by atoms with Crippen LogP contribution in [0.4, 0.5) is 0 Å². The normalized spacial score (nSPS) is 25.6. The third kappa shape index (κ3) is 1.71. The van der Waals surface area contributed by atoms with Crippen LogP contribution in [0, 0.1) is 0 Å². The highest BCUT2D eigenvalue weighted by Crippen LogP contribution is 2.38. The Hall–Kier alpha value is -1.02. The van der Waals surface area contributed by atoms with E-state index in [1.807, 2.05) is 12.1 Å². The zero-order chi connectivity index (χ0) is 11.0. The van der Waals surface area contributed by atoms with Crippen molar-refractivity contribution >= 4 is 0 Å². The number of rotatable bonds is 1. The van der Waals surface area contributed by atoms with E-state index in [0.29, 0.717) is 11.8 Å². The Morgan fingerprint density at radius 3 is 2.75 bits per heavy atom. The van der Waals surface area contributed by atoms with Gasteiger partial charge in [0.2, 0.25) is 0 Å². The molecule has 1 N–H and O–H groups in total. The summed E-state index contributed by atoms with van der Waals surface area (Å²) in [6.07, 6.45) is 6.46. The maximum atomic E-state index is 9.48. The van der Waals surface area contributed by atoms with Gasteiger partial charge in [-0.3, -0.25) is 4.90 Å². The van der Waals surface area contributed by atoms with Gasteiger partial charge in [-0.05, 0) is 62.0 Å². The van der Waals surface area contributed by atoms with Crippen molar-refractivity contribution in [1.29, 1.82) is 0 Å². The average Bonchev–Trinajstić information content (AvgIpc) is 2.73. The molecule has 1 aliphatic heterocycles. The molecule has 0 amide bonds. The standard InChI is InChI=1S/C14H19NO/c16-12-5-6-13-11(10-12)4-7-14(13)15-8-2-1-3-9-15/h5-6,10,14,16H,1-4,7-9H2. The van der Waals surface area contributed by atoms with E-state index < -0.39 is 0 Å². The van der Waals surface area contributed by atoms with E-state index in [1.165, 1.54) is 49.9 Å². The van der Waals surface area contributed by atoms with Gasteiger partial charge in [0.25, 0.3) is 0 Å². The zero-order valence-electron chi connectivity index (χ0n) is 9.65. The van der Waals surface area contributed by atoms with E-state index >= 15 is 0 Å². The molecule has 2 nitrogen and oxygen atoms in total. The molecule has 1 heterocycles. The first-order valence-corrected chi connectivity index (χ1v) is 6.40. The SMILES string of the molecule is Oc1ccc2c(c1)CCC2N1CCCCC1. The van der Waals surface area contributed by atoms with Crippen molar-refractivity contribution < 1.29 is 5.11 Å². The predicted molar refractivity (Wildman–Crippen MR) is 64.6 cm³/mol.